The Labute approximate surface area is 118 Å². The Morgan fingerprint density at radius 2 is 2.20 bits per heavy atom. The van der Waals surface area contributed by atoms with Crippen molar-refractivity contribution >= 4 is 5.78 Å². The zero-order valence-electron chi connectivity index (χ0n) is 11.8. The van der Waals surface area contributed by atoms with Gasteiger partial charge in [-0.15, -0.1) is 0 Å². The Balaban J connectivity index is 2.13. The van der Waals surface area contributed by atoms with Crippen molar-refractivity contribution in [1.82, 2.24) is 19.7 Å². The molecule has 6 nitrogen and oxygen atoms in total. The molecule has 2 rings (SSSR count). The van der Waals surface area contributed by atoms with Gasteiger partial charge < -0.3 is 5.73 Å². The predicted molar refractivity (Wildman–Crippen MR) is 75.0 cm³/mol. The van der Waals surface area contributed by atoms with Gasteiger partial charge in [-0.05, 0) is 18.1 Å². The lowest BCUT2D eigenvalue weighted by Gasteiger charge is -2.08. The van der Waals surface area contributed by atoms with Crippen molar-refractivity contribution in [3.8, 4) is 0 Å². The lowest BCUT2D eigenvalue weighted by Crippen LogP contribution is -2.14. The lowest BCUT2D eigenvalue weighted by molar-refractivity contribution is 0.0988. The average Bonchev–Trinajstić information content (AvgIpc) is 2.85. The summed E-state index contributed by atoms with van der Waals surface area (Å²) in [5.74, 6) is 1.14. The second-order valence-corrected chi connectivity index (χ2v) is 5.09. The summed E-state index contributed by atoms with van der Waals surface area (Å²) in [6.45, 7) is 5.28. The minimum Gasteiger partial charge on any atom is -0.325 e. The fourth-order valence-corrected chi connectivity index (χ4v) is 1.93. The van der Waals surface area contributed by atoms with Crippen LogP contribution in [0.5, 0.6) is 0 Å². The molecule has 0 fully saturated rings. The molecule has 0 spiro atoms. The molecule has 0 aliphatic rings. The Morgan fingerprint density at radius 3 is 2.90 bits per heavy atom. The van der Waals surface area contributed by atoms with Crippen LogP contribution in [0.25, 0.3) is 0 Å². The van der Waals surface area contributed by atoms with E-state index in [1.165, 1.54) is 6.33 Å². The number of carbonyl (C=O) groups is 1. The maximum absolute atomic E-state index is 12.3. The summed E-state index contributed by atoms with van der Waals surface area (Å²) in [6.07, 6.45) is 3.33. The maximum Gasteiger partial charge on any atom is 0.170 e. The minimum absolute atomic E-state index is 0.0000983. The summed E-state index contributed by atoms with van der Waals surface area (Å²) in [6, 6.07) is 3.43. The predicted octanol–water partition coefficient (Wildman–Crippen LogP) is 1.21. The molecule has 6 heteroatoms. The second-order valence-electron chi connectivity index (χ2n) is 5.09. The summed E-state index contributed by atoms with van der Waals surface area (Å²) < 4.78 is 1.79. The van der Waals surface area contributed by atoms with Crippen LogP contribution in [0.1, 0.15) is 35.7 Å². The number of hydrogen-bond donors (Lipinski definition) is 1. The normalized spacial score (nSPS) is 11.0. The molecule has 2 aromatic heterocycles. The van der Waals surface area contributed by atoms with E-state index in [-0.39, 0.29) is 12.2 Å². The number of Topliss-reactive ketones (excluding diaryl/α,β-unsaturated/α-hetero) is 1. The van der Waals surface area contributed by atoms with Gasteiger partial charge in [-0.25, -0.2) is 9.67 Å². The molecule has 2 heterocycles. The third-order valence-electron chi connectivity index (χ3n) is 2.90. The van der Waals surface area contributed by atoms with Crippen LogP contribution in [0, 0.1) is 5.92 Å². The number of nitrogens with two attached hydrogens (primary N) is 1. The van der Waals surface area contributed by atoms with Crippen LogP contribution in [-0.2, 0) is 19.5 Å². The number of aromatic nitrogens is 4. The molecule has 0 amide bonds. The molecule has 2 aromatic rings. The van der Waals surface area contributed by atoms with Gasteiger partial charge in [-0.1, -0.05) is 13.8 Å². The molecule has 20 heavy (non-hydrogen) atoms. The third kappa shape index (κ3) is 3.48. The highest BCUT2D eigenvalue weighted by Crippen LogP contribution is 2.08. The molecular weight excluding hydrogens is 254 g/mol. The summed E-state index contributed by atoms with van der Waals surface area (Å²) >= 11 is 0. The van der Waals surface area contributed by atoms with Gasteiger partial charge in [0.15, 0.2) is 5.78 Å². The molecule has 106 valence electrons. The van der Waals surface area contributed by atoms with Gasteiger partial charge in [0.25, 0.3) is 0 Å². The molecule has 0 unspecified atom stereocenters. The van der Waals surface area contributed by atoms with E-state index in [0.29, 0.717) is 29.5 Å². The van der Waals surface area contributed by atoms with Crippen LogP contribution in [0.4, 0.5) is 0 Å². The summed E-state index contributed by atoms with van der Waals surface area (Å²) in [5.41, 5.74) is 6.85. The molecule has 0 bridgehead atoms. The van der Waals surface area contributed by atoms with E-state index in [1.807, 2.05) is 0 Å². The molecular formula is C14H19N5O. The Kier molecular flexibility index (Phi) is 4.57. The number of rotatable bonds is 6. The van der Waals surface area contributed by atoms with E-state index < -0.39 is 0 Å². The van der Waals surface area contributed by atoms with E-state index >= 15 is 0 Å². The maximum atomic E-state index is 12.3. The van der Waals surface area contributed by atoms with Gasteiger partial charge in [0, 0.05) is 24.8 Å². The third-order valence-corrected chi connectivity index (χ3v) is 2.90. The number of carbonyl (C=O) groups excluding carboxylic acids is 1. The lowest BCUT2D eigenvalue weighted by atomic mass is 10.1. The standard InChI is InChI=1S/C14H19N5O/c1-10(2)8-19-14(17-9-18-19)6-13(20)11-3-4-16-12(5-11)7-15/h3-5,9-10H,6-8,15H2,1-2H3. The largest absolute Gasteiger partial charge is 0.325 e. The van der Waals surface area contributed by atoms with Crippen LogP contribution in [0.3, 0.4) is 0 Å². The fourth-order valence-electron chi connectivity index (χ4n) is 1.93. The molecule has 0 saturated carbocycles. The zero-order chi connectivity index (χ0) is 14.5. The highest BCUT2D eigenvalue weighted by Gasteiger charge is 2.13. The molecule has 0 aliphatic heterocycles. The first-order valence-corrected chi connectivity index (χ1v) is 6.65. The van der Waals surface area contributed by atoms with Gasteiger partial charge in [-0.2, -0.15) is 5.10 Å². The molecule has 0 radical (unpaired) electrons. The van der Waals surface area contributed by atoms with Crippen molar-refractivity contribution in [3.63, 3.8) is 0 Å². The van der Waals surface area contributed by atoms with E-state index in [1.54, 1.807) is 23.0 Å². The van der Waals surface area contributed by atoms with Crippen LogP contribution in [0.2, 0.25) is 0 Å². The zero-order valence-corrected chi connectivity index (χ0v) is 11.8. The van der Waals surface area contributed by atoms with Crippen LogP contribution in [-0.4, -0.2) is 25.5 Å². The van der Waals surface area contributed by atoms with E-state index in [0.717, 1.165) is 6.54 Å². The second kappa shape index (κ2) is 6.38. The molecule has 0 aliphatic carbocycles. The average molecular weight is 273 g/mol. The van der Waals surface area contributed by atoms with Crippen molar-refractivity contribution < 1.29 is 4.79 Å². The van der Waals surface area contributed by atoms with Gasteiger partial charge in [0.1, 0.15) is 12.2 Å². The highest BCUT2D eigenvalue weighted by molar-refractivity contribution is 5.97. The van der Waals surface area contributed by atoms with Crippen molar-refractivity contribution in [1.29, 1.82) is 0 Å². The molecule has 2 N–H and O–H groups in total. The van der Waals surface area contributed by atoms with Crippen molar-refractivity contribution in [3.05, 3.63) is 41.7 Å². The van der Waals surface area contributed by atoms with E-state index in [9.17, 15) is 4.79 Å². The summed E-state index contributed by atoms with van der Waals surface area (Å²) in [5, 5.41) is 4.16. The number of hydrogen-bond acceptors (Lipinski definition) is 5. The SMILES string of the molecule is CC(C)Cn1ncnc1CC(=O)c1ccnc(CN)c1. The van der Waals surface area contributed by atoms with Gasteiger partial charge >= 0.3 is 0 Å². The summed E-state index contributed by atoms with van der Waals surface area (Å²) in [7, 11) is 0. The monoisotopic (exact) mass is 273 g/mol. The Morgan fingerprint density at radius 1 is 1.40 bits per heavy atom. The van der Waals surface area contributed by atoms with E-state index in [2.05, 4.69) is 28.9 Å². The number of nitrogens with zero attached hydrogens (tertiary/aromatic N) is 4. The Bertz CT molecular complexity index is 591. The highest BCUT2D eigenvalue weighted by atomic mass is 16.1. The van der Waals surface area contributed by atoms with Crippen molar-refractivity contribution in [2.75, 3.05) is 0 Å². The Hall–Kier alpha value is -2.08. The van der Waals surface area contributed by atoms with Gasteiger partial charge in [0.05, 0.1) is 12.1 Å². The summed E-state index contributed by atoms with van der Waals surface area (Å²) in [4.78, 5) is 20.5. The van der Waals surface area contributed by atoms with Gasteiger partial charge in [0.2, 0.25) is 0 Å². The van der Waals surface area contributed by atoms with Crippen molar-refractivity contribution in [2.45, 2.75) is 33.4 Å². The number of ketones is 1. The quantitative estimate of drug-likeness (QED) is 0.799. The van der Waals surface area contributed by atoms with Crippen LogP contribution < -0.4 is 5.73 Å². The molecule has 0 saturated heterocycles. The number of pyridine rings is 1. The smallest absolute Gasteiger partial charge is 0.170 e. The fraction of sp³-hybridized carbons (Fsp3) is 0.429. The van der Waals surface area contributed by atoms with Crippen molar-refractivity contribution in [2.24, 2.45) is 11.7 Å². The van der Waals surface area contributed by atoms with Gasteiger partial charge in [-0.3, -0.25) is 9.78 Å². The minimum atomic E-state index is 0.0000983. The first kappa shape index (κ1) is 14.3. The van der Waals surface area contributed by atoms with E-state index in [4.69, 9.17) is 5.73 Å². The topological polar surface area (TPSA) is 86.7 Å². The molecule has 0 atom stereocenters. The van der Waals surface area contributed by atoms with Crippen LogP contribution in [0.15, 0.2) is 24.7 Å². The first-order chi connectivity index (χ1) is 9.60. The molecule has 0 aromatic carbocycles. The van der Waals surface area contributed by atoms with Crippen LogP contribution >= 0.6 is 0 Å². The first-order valence-electron chi connectivity index (χ1n) is 6.65.